The molecule has 0 spiro atoms. The SMILES string of the molecule is CN(C)CCC=C1CCCCC1. The molecule has 0 aliphatic heterocycles. The molecule has 1 heteroatoms. The van der Waals surface area contributed by atoms with Crippen LogP contribution in [0, 0.1) is 0 Å². The minimum atomic E-state index is 1.20. The lowest BCUT2D eigenvalue weighted by atomic mass is 9.94. The molecule has 0 bridgehead atoms. The highest BCUT2D eigenvalue weighted by molar-refractivity contribution is 5.04. The summed E-state index contributed by atoms with van der Waals surface area (Å²) in [5.74, 6) is 0. The summed E-state index contributed by atoms with van der Waals surface area (Å²) in [6.45, 7) is 1.20. The summed E-state index contributed by atoms with van der Waals surface area (Å²) in [7, 11) is 4.28. The van der Waals surface area contributed by atoms with Crippen LogP contribution >= 0.6 is 0 Å². The van der Waals surface area contributed by atoms with Crippen LogP contribution in [0.15, 0.2) is 11.6 Å². The third kappa shape index (κ3) is 3.91. The lowest BCUT2D eigenvalue weighted by molar-refractivity contribution is 0.416. The van der Waals surface area contributed by atoms with E-state index in [1.54, 1.807) is 5.57 Å². The van der Waals surface area contributed by atoms with E-state index in [1.807, 2.05) is 0 Å². The van der Waals surface area contributed by atoms with Crippen LogP contribution in [0.4, 0.5) is 0 Å². The van der Waals surface area contributed by atoms with Gasteiger partial charge in [0.2, 0.25) is 0 Å². The van der Waals surface area contributed by atoms with Crippen molar-refractivity contribution in [1.29, 1.82) is 0 Å². The van der Waals surface area contributed by atoms with E-state index in [1.165, 1.54) is 45.1 Å². The molecular weight excluding hydrogens is 146 g/mol. The highest BCUT2D eigenvalue weighted by Crippen LogP contribution is 2.22. The van der Waals surface area contributed by atoms with Gasteiger partial charge in [-0.3, -0.25) is 0 Å². The Hall–Kier alpha value is -0.300. The van der Waals surface area contributed by atoms with Gasteiger partial charge in [0.1, 0.15) is 0 Å². The summed E-state index contributed by atoms with van der Waals surface area (Å²) >= 11 is 0. The summed E-state index contributed by atoms with van der Waals surface area (Å²) in [4.78, 5) is 2.25. The fraction of sp³-hybridized carbons (Fsp3) is 0.818. The first-order valence-corrected chi connectivity index (χ1v) is 5.11. The fourth-order valence-corrected chi connectivity index (χ4v) is 1.74. The van der Waals surface area contributed by atoms with Crippen LogP contribution in [0.3, 0.4) is 0 Å². The van der Waals surface area contributed by atoms with Crippen molar-refractivity contribution in [3.63, 3.8) is 0 Å². The van der Waals surface area contributed by atoms with Crippen LogP contribution in [0.5, 0.6) is 0 Å². The van der Waals surface area contributed by atoms with E-state index in [0.29, 0.717) is 0 Å². The van der Waals surface area contributed by atoms with Crippen LogP contribution in [-0.2, 0) is 0 Å². The monoisotopic (exact) mass is 167 g/mol. The maximum atomic E-state index is 2.46. The Labute approximate surface area is 76.5 Å². The molecule has 0 radical (unpaired) electrons. The molecule has 1 saturated carbocycles. The van der Waals surface area contributed by atoms with E-state index < -0.39 is 0 Å². The molecule has 1 fully saturated rings. The second kappa shape index (κ2) is 5.36. The fourth-order valence-electron chi connectivity index (χ4n) is 1.74. The number of allylic oxidation sites excluding steroid dienone is 1. The van der Waals surface area contributed by atoms with E-state index >= 15 is 0 Å². The molecule has 1 rings (SSSR count). The topological polar surface area (TPSA) is 3.24 Å². The summed E-state index contributed by atoms with van der Waals surface area (Å²) < 4.78 is 0. The lowest BCUT2D eigenvalue weighted by Crippen LogP contribution is -2.12. The third-order valence-electron chi connectivity index (χ3n) is 2.51. The number of nitrogens with zero attached hydrogens (tertiary/aromatic N) is 1. The highest BCUT2D eigenvalue weighted by atomic mass is 15.0. The molecule has 0 aromatic rings. The van der Waals surface area contributed by atoms with Crippen molar-refractivity contribution in [2.24, 2.45) is 0 Å². The zero-order chi connectivity index (χ0) is 8.81. The van der Waals surface area contributed by atoms with Crippen LogP contribution in [0.1, 0.15) is 38.5 Å². The molecule has 12 heavy (non-hydrogen) atoms. The number of hydrogen-bond acceptors (Lipinski definition) is 1. The maximum absolute atomic E-state index is 2.46. The van der Waals surface area contributed by atoms with Crippen LogP contribution < -0.4 is 0 Å². The average molecular weight is 167 g/mol. The molecule has 0 heterocycles. The van der Waals surface area contributed by atoms with E-state index in [0.717, 1.165) is 0 Å². The van der Waals surface area contributed by atoms with Crippen molar-refractivity contribution >= 4 is 0 Å². The van der Waals surface area contributed by atoms with Gasteiger partial charge in [-0.1, -0.05) is 18.1 Å². The van der Waals surface area contributed by atoms with Crippen LogP contribution in [0.2, 0.25) is 0 Å². The Morgan fingerprint density at radius 3 is 2.42 bits per heavy atom. The molecule has 1 aliphatic rings. The van der Waals surface area contributed by atoms with Crippen molar-refractivity contribution in [1.82, 2.24) is 4.90 Å². The van der Waals surface area contributed by atoms with Crippen molar-refractivity contribution in [3.8, 4) is 0 Å². The summed E-state index contributed by atoms with van der Waals surface area (Å²) in [6, 6.07) is 0. The highest BCUT2D eigenvalue weighted by Gasteiger charge is 2.03. The Balaban J connectivity index is 2.16. The first-order valence-electron chi connectivity index (χ1n) is 5.11. The van der Waals surface area contributed by atoms with E-state index in [-0.39, 0.29) is 0 Å². The minimum Gasteiger partial charge on any atom is -0.309 e. The van der Waals surface area contributed by atoms with Gasteiger partial charge in [0, 0.05) is 6.54 Å². The Morgan fingerprint density at radius 2 is 1.83 bits per heavy atom. The van der Waals surface area contributed by atoms with Gasteiger partial charge in [-0.15, -0.1) is 0 Å². The van der Waals surface area contributed by atoms with Crippen molar-refractivity contribution in [3.05, 3.63) is 11.6 Å². The molecule has 1 nitrogen and oxygen atoms in total. The molecule has 0 aromatic heterocycles. The van der Waals surface area contributed by atoms with E-state index in [4.69, 9.17) is 0 Å². The molecular formula is C11H21N. The van der Waals surface area contributed by atoms with Gasteiger partial charge < -0.3 is 4.90 Å². The lowest BCUT2D eigenvalue weighted by Gasteiger charge is -2.14. The molecule has 0 N–H and O–H groups in total. The largest absolute Gasteiger partial charge is 0.309 e. The zero-order valence-electron chi connectivity index (χ0n) is 8.47. The van der Waals surface area contributed by atoms with Crippen molar-refractivity contribution < 1.29 is 0 Å². The van der Waals surface area contributed by atoms with Gasteiger partial charge in [0.25, 0.3) is 0 Å². The first-order chi connectivity index (χ1) is 5.79. The molecule has 1 aliphatic carbocycles. The van der Waals surface area contributed by atoms with E-state index in [2.05, 4.69) is 25.1 Å². The van der Waals surface area contributed by atoms with E-state index in [9.17, 15) is 0 Å². The Kier molecular flexibility index (Phi) is 4.37. The predicted molar refractivity (Wildman–Crippen MR) is 54.3 cm³/mol. The van der Waals surface area contributed by atoms with Gasteiger partial charge in [-0.2, -0.15) is 0 Å². The first kappa shape index (κ1) is 9.79. The average Bonchev–Trinajstić information content (AvgIpc) is 2.05. The van der Waals surface area contributed by atoms with Gasteiger partial charge in [-0.25, -0.2) is 0 Å². The normalized spacial score (nSPS) is 18.4. The summed E-state index contributed by atoms with van der Waals surface area (Å²) in [6.07, 6.45) is 10.7. The molecule has 0 unspecified atom stereocenters. The smallest absolute Gasteiger partial charge is 0.000990 e. The second-order valence-corrected chi connectivity index (χ2v) is 4.01. The Morgan fingerprint density at radius 1 is 1.17 bits per heavy atom. The van der Waals surface area contributed by atoms with Gasteiger partial charge >= 0.3 is 0 Å². The quantitative estimate of drug-likeness (QED) is 0.584. The summed E-state index contributed by atoms with van der Waals surface area (Å²) in [5.41, 5.74) is 1.71. The van der Waals surface area contributed by atoms with Crippen LogP contribution in [0.25, 0.3) is 0 Å². The predicted octanol–water partition coefficient (Wildman–Crippen LogP) is 2.83. The standard InChI is InChI=1S/C11H21N/c1-12(2)10-6-9-11-7-4-3-5-8-11/h9H,3-8,10H2,1-2H3. The summed E-state index contributed by atoms with van der Waals surface area (Å²) in [5, 5.41) is 0. The number of hydrogen-bond donors (Lipinski definition) is 0. The molecule has 70 valence electrons. The van der Waals surface area contributed by atoms with Crippen molar-refractivity contribution in [2.75, 3.05) is 20.6 Å². The zero-order valence-corrected chi connectivity index (χ0v) is 8.47. The molecule has 0 aromatic carbocycles. The van der Waals surface area contributed by atoms with Crippen LogP contribution in [-0.4, -0.2) is 25.5 Å². The molecule has 0 atom stereocenters. The molecule has 0 amide bonds. The van der Waals surface area contributed by atoms with Gasteiger partial charge in [0.15, 0.2) is 0 Å². The third-order valence-corrected chi connectivity index (χ3v) is 2.51. The van der Waals surface area contributed by atoms with Gasteiger partial charge in [0.05, 0.1) is 0 Å². The molecule has 0 saturated heterocycles. The Bertz CT molecular complexity index is 139. The minimum absolute atomic E-state index is 1.20. The van der Waals surface area contributed by atoms with Crippen molar-refractivity contribution in [2.45, 2.75) is 38.5 Å². The van der Waals surface area contributed by atoms with Gasteiger partial charge in [-0.05, 0) is 46.2 Å². The number of rotatable bonds is 3. The maximum Gasteiger partial charge on any atom is 0.000990 e. The second-order valence-electron chi connectivity index (χ2n) is 4.01.